The van der Waals surface area contributed by atoms with E-state index >= 15 is 0 Å². The van der Waals surface area contributed by atoms with Gasteiger partial charge in [-0.3, -0.25) is 4.79 Å². The minimum Gasteiger partial charge on any atom is -0.445 e. The average Bonchev–Trinajstić information content (AvgIpc) is 2.60. The topological polar surface area (TPSA) is 67.4 Å². The van der Waals surface area contributed by atoms with Gasteiger partial charge in [-0.15, -0.1) is 0 Å². The number of ether oxygens (including phenoxy) is 1. The molecule has 0 aromatic heterocycles. The number of carbonyl (C=O) groups excluding carboxylic acids is 2. The number of rotatable bonds is 5. The lowest BCUT2D eigenvalue weighted by molar-refractivity contribution is -0.184. The molecule has 1 aromatic carbocycles. The van der Waals surface area contributed by atoms with E-state index in [4.69, 9.17) is 4.74 Å². The molecular weight excluding hydrogens is 349 g/mol. The molecule has 1 aromatic rings. The zero-order valence-electron chi connectivity index (χ0n) is 14.5. The van der Waals surface area contributed by atoms with Crippen molar-refractivity contribution < 1.29 is 27.5 Å². The van der Waals surface area contributed by atoms with Crippen LogP contribution in [0.4, 0.5) is 18.0 Å². The Morgan fingerprint density at radius 3 is 2.58 bits per heavy atom. The normalized spacial score (nSPS) is 21.5. The molecule has 0 radical (unpaired) electrons. The Bertz CT molecular complexity index is 607. The fraction of sp³-hybridized carbons (Fsp3) is 0.556. The first kappa shape index (κ1) is 20.1. The summed E-state index contributed by atoms with van der Waals surface area (Å²) < 4.78 is 43.5. The SMILES string of the molecule is CC(NC(=O)OCc1ccccc1)C(=O)NC1CCCC(C(F)(F)F)C1. The first-order valence-corrected chi connectivity index (χ1v) is 8.60. The molecule has 3 unspecified atom stereocenters. The molecular formula is C18H23F3N2O3. The second-order valence-corrected chi connectivity index (χ2v) is 6.54. The molecule has 1 aliphatic rings. The maximum absolute atomic E-state index is 12.8. The highest BCUT2D eigenvalue weighted by Gasteiger charge is 2.42. The summed E-state index contributed by atoms with van der Waals surface area (Å²) in [6.07, 6.45) is -4.11. The second kappa shape index (κ2) is 8.91. The van der Waals surface area contributed by atoms with E-state index in [1.807, 2.05) is 18.2 Å². The first-order chi connectivity index (χ1) is 12.3. The molecule has 0 spiro atoms. The molecule has 0 heterocycles. The second-order valence-electron chi connectivity index (χ2n) is 6.54. The monoisotopic (exact) mass is 372 g/mol. The van der Waals surface area contributed by atoms with Crippen molar-refractivity contribution in [1.29, 1.82) is 0 Å². The molecule has 3 atom stereocenters. The third-order valence-electron chi connectivity index (χ3n) is 4.42. The van der Waals surface area contributed by atoms with Gasteiger partial charge in [-0.25, -0.2) is 4.79 Å². The summed E-state index contributed by atoms with van der Waals surface area (Å²) in [6, 6.07) is 7.62. The van der Waals surface area contributed by atoms with Crippen molar-refractivity contribution in [2.75, 3.05) is 0 Å². The highest BCUT2D eigenvalue weighted by Crippen LogP contribution is 2.37. The lowest BCUT2D eigenvalue weighted by Crippen LogP contribution is -2.50. The minimum atomic E-state index is -4.24. The van der Waals surface area contributed by atoms with Crippen LogP contribution in [0.1, 0.15) is 38.2 Å². The number of nitrogens with one attached hydrogen (secondary N) is 2. The van der Waals surface area contributed by atoms with Gasteiger partial charge in [0.15, 0.2) is 0 Å². The van der Waals surface area contributed by atoms with Crippen LogP contribution in [0.5, 0.6) is 0 Å². The van der Waals surface area contributed by atoms with Gasteiger partial charge in [-0.05, 0) is 31.7 Å². The molecule has 2 N–H and O–H groups in total. The van der Waals surface area contributed by atoms with Gasteiger partial charge in [0.25, 0.3) is 0 Å². The number of carbonyl (C=O) groups is 2. The summed E-state index contributed by atoms with van der Waals surface area (Å²) in [6.45, 7) is 1.53. The third-order valence-corrected chi connectivity index (χ3v) is 4.42. The van der Waals surface area contributed by atoms with E-state index in [1.165, 1.54) is 6.92 Å². The van der Waals surface area contributed by atoms with Crippen LogP contribution in [-0.4, -0.2) is 30.3 Å². The molecule has 144 valence electrons. The Morgan fingerprint density at radius 1 is 1.23 bits per heavy atom. The third kappa shape index (κ3) is 6.24. The van der Waals surface area contributed by atoms with Gasteiger partial charge >= 0.3 is 12.3 Å². The number of hydrogen-bond acceptors (Lipinski definition) is 3. The molecule has 8 heteroatoms. The summed E-state index contributed by atoms with van der Waals surface area (Å²) in [7, 11) is 0. The largest absolute Gasteiger partial charge is 0.445 e. The first-order valence-electron chi connectivity index (χ1n) is 8.60. The molecule has 1 aliphatic carbocycles. The van der Waals surface area contributed by atoms with Gasteiger partial charge < -0.3 is 15.4 Å². The number of benzene rings is 1. The number of alkyl halides is 3. The molecule has 1 saturated carbocycles. The Hall–Kier alpha value is -2.25. The van der Waals surface area contributed by atoms with Crippen LogP contribution in [0.2, 0.25) is 0 Å². The zero-order chi connectivity index (χ0) is 19.2. The number of halogens is 3. The van der Waals surface area contributed by atoms with Crippen molar-refractivity contribution in [3.05, 3.63) is 35.9 Å². The van der Waals surface area contributed by atoms with Crippen LogP contribution in [0.3, 0.4) is 0 Å². The van der Waals surface area contributed by atoms with Crippen molar-refractivity contribution in [3.8, 4) is 0 Å². The van der Waals surface area contributed by atoms with Crippen LogP contribution in [-0.2, 0) is 16.1 Å². The van der Waals surface area contributed by atoms with Crippen LogP contribution in [0.25, 0.3) is 0 Å². The van der Waals surface area contributed by atoms with Gasteiger partial charge in [0.05, 0.1) is 5.92 Å². The summed E-state index contributed by atoms with van der Waals surface area (Å²) in [5.74, 6) is -1.91. The van der Waals surface area contributed by atoms with E-state index < -0.39 is 36.2 Å². The molecule has 2 amide bonds. The van der Waals surface area contributed by atoms with Gasteiger partial charge in [-0.2, -0.15) is 13.2 Å². The maximum atomic E-state index is 12.8. The fourth-order valence-corrected chi connectivity index (χ4v) is 2.95. The lowest BCUT2D eigenvalue weighted by Gasteiger charge is -2.31. The smallest absolute Gasteiger partial charge is 0.408 e. The van der Waals surface area contributed by atoms with Gasteiger partial charge in [-0.1, -0.05) is 36.8 Å². The van der Waals surface area contributed by atoms with E-state index in [1.54, 1.807) is 12.1 Å². The van der Waals surface area contributed by atoms with E-state index in [9.17, 15) is 22.8 Å². The van der Waals surface area contributed by atoms with Crippen molar-refractivity contribution in [3.63, 3.8) is 0 Å². The molecule has 0 saturated heterocycles. The fourth-order valence-electron chi connectivity index (χ4n) is 2.95. The van der Waals surface area contributed by atoms with Crippen LogP contribution in [0, 0.1) is 5.92 Å². The highest BCUT2D eigenvalue weighted by molar-refractivity contribution is 5.85. The Labute approximate surface area is 150 Å². The van der Waals surface area contributed by atoms with Crippen molar-refractivity contribution in [1.82, 2.24) is 10.6 Å². The predicted molar refractivity (Wildman–Crippen MR) is 89.2 cm³/mol. The van der Waals surface area contributed by atoms with E-state index in [2.05, 4.69) is 10.6 Å². The van der Waals surface area contributed by atoms with Crippen molar-refractivity contribution in [2.45, 2.75) is 57.5 Å². The molecule has 2 rings (SSSR count). The van der Waals surface area contributed by atoms with E-state index in [-0.39, 0.29) is 19.4 Å². The standard InChI is InChI=1S/C18H23F3N2O3/c1-12(22-17(25)26-11-13-6-3-2-4-7-13)16(24)23-15-9-5-8-14(10-15)18(19,20)21/h2-4,6-7,12,14-15H,5,8-11H2,1H3,(H,22,25)(H,23,24). The van der Waals surface area contributed by atoms with Crippen LogP contribution >= 0.6 is 0 Å². The van der Waals surface area contributed by atoms with Crippen LogP contribution < -0.4 is 10.6 Å². The molecule has 1 fully saturated rings. The number of hydrogen-bond donors (Lipinski definition) is 2. The Balaban J connectivity index is 1.75. The Morgan fingerprint density at radius 2 is 1.92 bits per heavy atom. The van der Waals surface area contributed by atoms with Gasteiger partial charge in [0.2, 0.25) is 5.91 Å². The summed E-state index contributed by atoms with van der Waals surface area (Å²) >= 11 is 0. The lowest BCUT2D eigenvalue weighted by atomic mass is 9.85. The molecule has 26 heavy (non-hydrogen) atoms. The van der Waals surface area contributed by atoms with Gasteiger partial charge in [0, 0.05) is 6.04 Å². The summed E-state index contributed by atoms with van der Waals surface area (Å²) in [5, 5.41) is 4.98. The highest BCUT2D eigenvalue weighted by atomic mass is 19.4. The molecule has 5 nitrogen and oxygen atoms in total. The molecule has 0 aliphatic heterocycles. The zero-order valence-corrected chi connectivity index (χ0v) is 14.5. The van der Waals surface area contributed by atoms with Gasteiger partial charge in [0.1, 0.15) is 12.6 Å². The maximum Gasteiger partial charge on any atom is 0.408 e. The summed E-state index contributed by atoms with van der Waals surface area (Å²) in [5.41, 5.74) is 0.806. The number of amides is 2. The van der Waals surface area contributed by atoms with Crippen LogP contribution in [0.15, 0.2) is 30.3 Å². The predicted octanol–water partition coefficient (Wildman–Crippen LogP) is 3.54. The minimum absolute atomic E-state index is 0.0664. The van der Waals surface area contributed by atoms with E-state index in [0.717, 1.165) is 5.56 Å². The molecule has 0 bridgehead atoms. The van der Waals surface area contributed by atoms with E-state index in [0.29, 0.717) is 12.8 Å². The van der Waals surface area contributed by atoms with Crippen molar-refractivity contribution in [2.24, 2.45) is 5.92 Å². The quantitative estimate of drug-likeness (QED) is 0.831. The summed E-state index contributed by atoms with van der Waals surface area (Å²) in [4.78, 5) is 23.9. The number of alkyl carbamates (subject to hydrolysis) is 1. The van der Waals surface area contributed by atoms with Crippen molar-refractivity contribution >= 4 is 12.0 Å². The Kier molecular flexibility index (Phi) is 6.88. The average molecular weight is 372 g/mol.